The average molecular weight is 249 g/mol. The van der Waals surface area contributed by atoms with Gasteiger partial charge in [0.1, 0.15) is 0 Å². The van der Waals surface area contributed by atoms with Gasteiger partial charge in [0.2, 0.25) is 0 Å². The second kappa shape index (κ2) is 4.05. The highest BCUT2D eigenvalue weighted by Crippen LogP contribution is 2.28. The van der Waals surface area contributed by atoms with Crippen LogP contribution in [0.1, 0.15) is 22.2 Å². The number of ether oxygens (including phenoxy) is 1. The van der Waals surface area contributed by atoms with Gasteiger partial charge in [0.05, 0.1) is 16.5 Å². The molecule has 0 amide bonds. The molecule has 0 aliphatic heterocycles. The average Bonchev–Trinajstić information content (AvgIpc) is 2.45. The molecule has 0 saturated heterocycles. The molecule has 12 heavy (non-hydrogen) atoms. The van der Waals surface area contributed by atoms with E-state index < -0.39 is 0 Å². The first-order chi connectivity index (χ1) is 5.69. The molecular formula is C8H9BrO2S. The van der Waals surface area contributed by atoms with E-state index in [1.165, 1.54) is 12.0 Å². The maximum atomic E-state index is 11.1. The van der Waals surface area contributed by atoms with E-state index in [2.05, 4.69) is 27.6 Å². The topological polar surface area (TPSA) is 26.3 Å². The van der Waals surface area contributed by atoms with Gasteiger partial charge in [0, 0.05) is 4.88 Å². The second-order valence-electron chi connectivity index (χ2n) is 2.25. The normalized spacial score (nSPS) is 9.92. The predicted octanol–water partition coefficient (Wildman–Crippen LogP) is 2.86. The lowest BCUT2D eigenvalue weighted by Gasteiger charge is -1.93. The molecule has 0 aromatic carbocycles. The third kappa shape index (κ3) is 1.87. The van der Waals surface area contributed by atoms with Gasteiger partial charge in [-0.05, 0) is 28.4 Å². The number of methoxy groups -OCH3 is 1. The molecule has 0 fully saturated rings. The maximum absolute atomic E-state index is 11.1. The van der Waals surface area contributed by atoms with Gasteiger partial charge in [-0.2, -0.15) is 0 Å². The van der Waals surface area contributed by atoms with Gasteiger partial charge >= 0.3 is 5.97 Å². The van der Waals surface area contributed by atoms with E-state index in [0.29, 0.717) is 5.56 Å². The Morgan fingerprint density at radius 1 is 1.75 bits per heavy atom. The quantitative estimate of drug-likeness (QED) is 0.753. The summed E-state index contributed by atoms with van der Waals surface area (Å²) in [5.74, 6) is -0.280. The molecule has 66 valence electrons. The number of carbonyl (C=O) groups is 1. The minimum absolute atomic E-state index is 0.280. The van der Waals surface area contributed by atoms with Crippen LogP contribution in [0.5, 0.6) is 0 Å². The Morgan fingerprint density at radius 3 is 2.83 bits per heavy atom. The van der Waals surface area contributed by atoms with E-state index >= 15 is 0 Å². The van der Waals surface area contributed by atoms with Crippen molar-refractivity contribution < 1.29 is 9.53 Å². The van der Waals surface area contributed by atoms with E-state index in [0.717, 1.165) is 10.2 Å². The van der Waals surface area contributed by atoms with Crippen molar-refractivity contribution in [3.8, 4) is 0 Å². The summed E-state index contributed by atoms with van der Waals surface area (Å²) in [5, 5.41) is 0. The van der Waals surface area contributed by atoms with Gasteiger partial charge < -0.3 is 4.74 Å². The van der Waals surface area contributed by atoms with Crippen molar-refractivity contribution in [2.75, 3.05) is 7.11 Å². The lowest BCUT2D eigenvalue weighted by atomic mass is 10.3. The molecule has 1 rings (SSSR count). The zero-order valence-corrected chi connectivity index (χ0v) is 9.29. The van der Waals surface area contributed by atoms with Crippen LogP contribution in [0.25, 0.3) is 0 Å². The highest BCUT2D eigenvalue weighted by atomic mass is 79.9. The van der Waals surface area contributed by atoms with E-state index in [1.807, 2.05) is 6.07 Å². The fraction of sp³-hybridized carbons (Fsp3) is 0.375. The van der Waals surface area contributed by atoms with Gasteiger partial charge in [-0.3, -0.25) is 0 Å². The Morgan fingerprint density at radius 2 is 2.42 bits per heavy atom. The van der Waals surface area contributed by atoms with E-state index in [4.69, 9.17) is 0 Å². The minimum Gasteiger partial charge on any atom is -0.465 e. The van der Waals surface area contributed by atoms with Crippen molar-refractivity contribution >= 4 is 33.2 Å². The highest BCUT2D eigenvalue weighted by Gasteiger charge is 2.13. The molecule has 0 bridgehead atoms. The first-order valence-corrected chi connectivity index (χ1v) is 5.16. The molecule has 0 aliphatic carbocycles. The third-order valence-corrected chi connectivity index (χ3v) is 3.47. The van der Waals surface area contributed by atoms with Crippen molar-refractivity contribution in [1.82, 2.24) is 0 Å². The number of carbonyl (C=O) groups excluding carboxylic acids is 1. The van der Waals surface area contributed by atoms with Crippen LogP contribution < -0.4 is 0 Å². The molecule has 0 N–H and O–H groups in total. The summed E-state index contributed by atoms with van der Waals surface area (Å²) in [6.45, 7) is 2.05. The Labute approximate surface area is 83.7 Å². The molecule has 1 heterocycles. The predicted molar refractivity (Wildman–Crippen MR) is 52.7 cm³/mol. The molecule has 1 aromatic heterocycles. The summed E-state index contributed by atoms with van der Waals surface area (Å²) < 4.78 is 5.47. The van der Waals surface area contributed by atoms with Gasteiger partial charge in [-0.1, -0.05) is 6.92 Å². The number of hydrogen-bond donors (Lipinski definition) is 0. The van der Waals surface area contributed by atoms with Gasteiger partial charge in [-0.25, -0.2) is 4.79 Å². The zero-order chi connectivity index (χ0) is 9.14. The molecule has 0 radical (unpaired) electrons. The van der Waals surface area contributed by atoms with Crippen LogP contribution in [0.2, 0.25) is 0 Å². The summed E-state index contributed by atoms with van der Waals surface area (Å²) in [7, 11) is 1.39. The van der Waals surface area contributed by atoms with Gasteiger partial charge in [-0.15, -0.1) is 11.3 Å². The molecule has 1 aromatic rings. The highest BCUT2D eigenvalue weighted by molar-refractivity contribution is 9.11. The van der Waals surface area contributed by atoms with Crippen molar-refractivity contribution in [2.45, 2.75) is 13.3 Å². The Bertz CT molecular complexity index is 293. The fourth-order valence-electron chi connectivity index (χ4n) is 0.841. The lowest BCUT2D eigenvalue weighted by Crippen LogP contribution is -1.99. The number of rotatable bonds is 2. The fourth-order valence-corrected chi connectivity index (χ4v) is 2.54. The molecule has 2 nitrogen and oxygen atoms in total. The Balaban J connectivity index is 2.99. The molecule has 0 aliphatic rings. The summed E-state index contributed by atoms with van der Waals surface area (Å²) in [5.41, 5.74) is 0.624. The molecule has 0 unspecified atom stereocenters. The standard InChI is InChI=1S/C8H9BrO2S/c1-3-5-4-6(7(9)12-5)8(10)11-2/h4H,3H2,1-2H3. The van der Waals surface area contributed by atoms with Crippen LogP contribution >= 0.6 is 27.3 Å². The van der Waals surface area contributed by atoms with Crippen LogP contribution in [0.3, 0.4) is 0 Å². The molecule has 0 saturated carbocycles. The lowest BCUT2D eigenvalue weighted by molar-refractivity contribution is 0.0600. The van der Waals surface area contributed by atoms with Crippen molar-refractivity contribution in [3.05, 3.63) is 20.3 Å². The maximum Gasteiger partial charge on any atom is 0.339 e. The first-order valence-electron chi connectivity index (χ1n) is 3.55. The first kappa shape index (κ1) is 9.74. The zero-order valence-electron chi connectivity index (χ0n) is 6.89. The van der Waals surface area contributed by atoms with Crippen LogP contribution in [0, 0.1) is 0 Å². The van der Waals surface area contributed by atoms with Crippen LogP contribution in [0.4, 0.5) is 0 Å². The number of thiophene rings is 1. The van der Waals surface area contributed by atoms with Crippen molar-refractivity contribution in [2.24, 2.45) is 0 Å². The Hall–Kier alpha value is -0.350. The van der Waals surface area contributed by atoms with Crippen molar-refractivity contribution in [3.63, 3.8) is 0 Å². The van der Waals surface area contributed by atoms with E-state index in [1.54, 1.807) is 11.3 Å². The number of halogens is 1. The minimum atomic E-state index is -0.280. The molecule has 0 spiro atoms. The van der Waals surface area contributed by atoms with Gasteiger partial charge in [0.25, 0.3) is 0 Å². The number of esters is 1. The van der Waals surface area contributed by atoms with Crippen LogP contribution in [0.15, 0.2) is 9.85 Å². The summed E-state index contributed by atoms with van der Waals surface area (Å²) in [6, 6.07) is 1.86. The number of hydrogen-bond acceptors (Lipinski definition) is 3. The summed E-state index contributed by atoms with van der Waals surface area (Å²) >= 11 is 4.89. The van der Waals surface area contributed by atoms with Crippen LogP contribution in [-0.4, -0.2) is 13.1 Å². The monoisotopic (exact) mass is 248 g/mol. The molecule has 0 atom stereocenters. The SMILES string of the molecule is CCc1cc(C(=O)OC)c(Br)s1. The summed E-state index contributed by atoms with van der Waals surface area (Å²) in [4.78, 5) is 12.3. The van der Waals surface area contributed by atoms with Crippen molar-refractivity contribution in [1.29, 1.82) is 0 Å². The third-order valence-electron chi connectivity index (χ3n) is 1.49. The van der Waals surface area contributed by atoms with Gasteiger partial charge in [0.15, 0.2) is 0 Å². The molecule has 4 heteroatoms. The smallest absolute Gasteiger partial charge is 0.339 e. The number of aryl methyl sites for hydroxylation is 1. The molecular weight excluding hydrogens is 240 g/mol. The van der Waals surface area contributed by atoms with E-state index in [9.17, 15) is 4.79 Å². The Kier molecular flexibility index (Phi) is 3.29. The summed E-state index contributed by atoms with van der Waals surface area (Å²) in [6.07, 6.45) is 0.945. The largest absolute Gasteiger partial charge is 0.465 e. The van der Waals surface area contributed by atoms with Crippen LogP contribution in [-0.2, 0) is 11.2 Å². The van der Waals surface area contributed by atoms with E-state index in [-0.39, 0.29) is 5.97 Å². The second-order valence-corrected chi connectivity index (χ2v) is 4.70.